The van der Waals surface area contributed by atoms with E-state index in [1.807, 2.05) is 0 Å². The third-order valence-electron chi connectivity index (χ3n) is 4.62. The van der Waals surface area contributed by atoms with E-state index in [1.165, 1.54) is 0 Å². The zero-order valence-electron chi connectivity index (χ0n) is 16.5. The van der Waals surface area contributed by atoms with Crippen LogP contribution in [0.3, 0.4) is 0 Å². The molecule has 0 aliphatic carbocycles. The zero-order valence-corrected chi connectivity index (χ0v) is 16.5. The normalized spacial score (nSPS) is 11.6. The number of Topliss-reactive ketones (excluding diaryl/α,β-unsaturated/α-hetero) is 1. The molecule has 0 aliphatic heterocycles. The van der Waals surface area contributed by atoms with Gasteiger partial charge in [-0.05, 0) is 48.0 Å². The van der Waals surface area contributed by atoms with Gasteiger partial charge in [0.15, 0.2) is 5.78 Å². The molecule has 1 atom stereocenters. The van der Waals surface area contributed by atoms with Gasteiger partial charge < -0.3 is 30.5 Å². The molecule has 1 amide bonds. The van der Waals surface area contributed by atoms with Gasteiger partial charge in [-0.25, -0.2) is 13.6 Å². The summed E-state index contributed by atoms with van der Waals surface area (Å²) in [5.74, 6) is -5.17. The van der Waals surface area contributed by atoms with Crippen molar-refractivity contribution in [1.82, 2.24) is 5.32 Å². The number of hydrogen-bond donors (Lipinski definition) is 6. The first-order valence-electron chi connectivity index (χ1n) is 9.39. The Morgan fingerprint density at radius 3 is 1.88 bits per heavy atom. The molecule has 0 radical (unpaired) electrons. The number of ketones is 1. The quantitative estimate of drug-likeness (QED) is 0.190. The standard InChI is InChI=1S/C19H19B2F2NO8/c22-14-6-4-10(20(29)30)8-12(14)17(25)3-1-2-16(19(27)28)24-18(26)13-9-11(21(31)32)5-7-15(13)23/h4-9,16,29-32H,1-3H2,(H,24,26)(H,27,28)/t16-/m0/s1. The Kier molecular flexibility index (Phi) is 8.61. The van der Waals surface area contributed by atoms with Crippen molar-refractivity contribution in [3.8, 4) is 0 Å². The summed E-state index contributed by atoms with van der Waals surface area (Å²) in [5, 5.41) is 48.0. The monoisotopic (exact) mass is 449 g/mol. The van der Waals surface area contributed by atoms with Crippen LogP contribution in [-0.2, 0) is 4.79 Å². The van der Waals surface area contributed by atoms with E-state index in [0.717, 1.165) is 36.4 Å². The number of hydrogen-bond acceptors (Lipinski definition) is 7. The van der Waals surface area contributed by atoms with E-state index < -0.39 is 60.7 Å². The average molecular weight is 449 g/mol. The van der Waals surface area contributed by atoms with Crippen LogP contribution in [0.1, 0.15) is 40.0 Å². The number of carbonyl (C=O) groups is 3. The van der Waals surface area contributed by atoms with Crippen LogP contribution in [0.5, 0.6) is 0 Å². The largest absolute Gasteiger partial charge is 0.488 e. The van der Waals surface area contributed by atoms with E-state index in [1.54, 1.807) is 0 Å². The molecule has 0 heterocycles. The second-order valence-corrected chi connectivity index (χ2v) is 6.91. The van der Waals surface area contributed by atoms with E-state index in [4.69, 9.17) is 20.1 Å². The van der Waals surface area contributed by atoms with Crippen LogP contribution in [0.15, 0.2) is 36.4 Å². The molecule has 32 heavy (non-hydrogen) atoms. The molecule has 0 bridgehead atoms. The Morgan fingerprint density at radius 2 is 1.38 bits per heavy atom. The third-order valence-corrected chi connectivity index (χ3v) is 4.62. The molecule has 2 rings (SSSR count). The van der Waals surface area contributed by atoms with Gasteiger partial charge in [-0.1, -0.05) is 12.1 Å². The maximum atomic E-state index is 13.9. The van der Waals surface area contributed by atoms with Gasteiger partial charge in [0.05, 0.1) is 11.1 Å². The van der Waals surface area contributed by atoms with Gasteiger partial charge in [-0.15, -0.1) is 0 Å². The average Bonchev–Trinajstić information content (AvgIpc) is 2.72. The second kappa shape index (κ2) is 11.0. The van der Waals surface area contributed by atoms with Crippen LogP contribution >= 0.6 is 0 Å². The molecule has 0 saturated carbocycles. The van der Waals surface area contributed by atoms with Crippen molar-refractivity contribution < 1.29 is 48.4 Å². The molecular weight excluding hydrogens is 430 g/mol. The lowest BCUT2D eigenvalue weighted by Crippen LogP contribution is -2.41. The molecule has 0 saturated heterocycles. The second-order valence-electron chi connectivity index (χ2n) is 6.91. The number of halogens is 2. The first-order valence-corrected chi connectivity index (χ1v) is 9.39. The highest BCUT2D eigenvalue weighted by Crippen LogP contribution is 2.13. The number of rotatable bonds is 10. The van der Waals surface area contributed by atoms with Crippen LogP contribution < -0.4 is 16.2 Å². The first-order chi connectivity index (χ1) is 15.0. The number of carbonyl (C=O) groups excluding carboxylic acids is 2. The van der Waals surface area contributed by atoms with Crippen molar-refractivity contribution in [3.05, 3.63) is 59.2 Å². The summed E-state index contributed by atoms with van der Waals surface area (Å²) in [4.78, 5) is 36.0. The predicted molar refractivity (Wildman–Crippen MR) is 110 cm³/mol. The lowest BCUT2D eigenvalue weighted by Gasteiger charge is -2.15. The Hall–Kier alpha value is -3.12. The molecule has 2 aromatic carbocycles. The number of benzene rings is 2. The van der Waals surface area contributed by atoms with E-state index in [-0.39, 0.29) is 30.2 Å². The van der Waals surface area contributed by atoms with Crippen molar-refractivity contribution in [2.24, 2.45) is 0 Å². The maximum absolute atomic E-state index is 13.9. The summed E-state index contributed by atoms with van der Waals surface area (Å²) in [6, 6.07) is 4.19. The van der Waals surface area contributed by atoms with Crippen molar-refractivity contribution in [2.45, 2.75) is 25.3 Å². The number of carboxylic acids is 1. The van der Waals surface area contributed by atoms with Gasteiger partial charge in [-0.3, -0.25) is 9.59 Å². The van der Waals surface area contributed by atoms with Crippen LogP contribution in [-0.4, -0.2) is 63.1 Å². The lowest BCUT2D eigenvalue weighted by molar-refractivity contribution is -0.139. The van der Waals surface area contributed by atoms with Crippen molar-refractivity contribution in [2.75, 3.05) is 0 Å². The number of nitrogens with one attached hydrogen (secondary N) is 1. The Morgan fingerprint density at radius 1 is 0.875 bits per heavy atom. The molecular formula is C19H19B2F2NO8. The zero-order chi connectivity index (χ0) is 24.0. The molecule has 9 nitrogen and oxygen atoms in total. The minimum atomic E-state index is -1.96. The van der Waals surface area contributed by atoms with Gasteiger partial charge in [0.25, 0.3) is 5.91 Å². The number of carboxylic acid groups (broad SMARTS) is 1. The molecule has 0 fully saturated rings. The number of aliphatic carboxylic acids is 1. The van der Waals surface area contributed by atoms with Gasteiger partial charge >= 0.3 is 20.2 Å². The fourth-order valence-electron chi connectivity index (χ4n) is 2.89. The molecule has 6 N–H and O–H groups in total. The fourth-order valence-corrected chi connectivity index (χ4v) is 2.89. The van der Waals surface area contributed by atoms with Crippen molar-refractivity contribution >= 4 is 42.8 Å². The molecule has 0 aliphatic rings. The van der Waals surface area contributed by atoms with Gasteiger partial charge in [0, 0.05) is 6.42 Å². The highest BCUT2D eigenvalue weighted by molar-refractivity contribution is 6.59. The lowest BCUT2D eigenvalue weighted by atomic mass is 9.79. The molecule has 0 spiro atoms. The Balaban J connectivity index is 2.04. The van der Waals surface area contributed by atoms with E-state index in [2.05, 4.69) is 5.32 Å². The molecule has 168 valence electrons. The molecule has 2 aromatic rings. The first kappa shape index (κ1) is 25.1. The van der Waals surface area contributed by atoms with Crippen molar-refractivity contribution in [1.29, 1.82) is 0 Å². The topological polar surface area (TPSA) is 164 Å². The summed E-state index contributed by atoms with van der Waals surface area (Å²) in [5.41, 5.74) is -1.26. The van der Waals surface area contributed by atoms with Gasteiger partial charge in [-0.2, -0.15) is 0 Å². The highest BCUT2D eigenvalue weighted by Gasteiger charge is 2.24. The van der Waals surface area contributed by atoms with E-state index in [0.29, 0.717) is 0 Å². The molecule has 0 aromatic heterocycles. The van der Waals surface area contributed by atoms with E-state index >= 15 is 0 Å². The third kappa shape index (κ3) is 6.44. The van der Waals surface area contributed by atoms with E-state index in [9.17, 15) is 28.3 Å². The van der Waals surface area contributed by atoms with Crippen LogP contribution in [0.4, 0.5) is 8.78 Å². The van der Waals surface area contributed by atoms with Crippen molar-refractivity contribution in [3.63, 3.8) is 0 Å². The summed E-state index contributed by atoms with van der Waals surface area (Å²) < 4.78 is 27.8. The SMILES string of the molecule is O=C(CCC[C@H](NC(=O)c1cc(B(O)O)ccc1F)C(=O)O)c1cc(B(O)O)ccc1F. The number of amides is 1. The Labute approximate surface area is 181 Å². The summed E-state index contributed by atoms with van der Waals surface area (Å²) in [6.07, 6.45) is -0.637. The maximum Gasteiger partial charge on any atom is 0.488 e. The van der Waals surface area contributed by atoms with Gasteiger partial charge in [0.1, 0.15) is 17.7 Å². The van der Waals surface area contributed by atoms with Crippen LogP contribution in [0.2, 0.25) is 0 Å². The smallest absolute Gasteiger partial charge is 0.480 e. The summed E-state index contributed by atoms with van der Waals surface area (Å²) >= 11 is 0. The summed E-state index contributed by atoms with van der Waals surface area (Å²) in [7, 11) is -3.87. The van der Waals surface area contributed by atoms with Crippen LogP contribution in [0, 0.1) is 11.6 Å². The minimum absolute atomic E-state index is 0.0840. The Bertz CT molecular complexity index is 1020. The molecule has 13 heteroatoms. The van der Waals surface area contributed by atoms with Gasteiger partial charge in [0.2, 0.25) is 0 Å². The summed E-state index contributed by atoms with van der Waals surface area (Å²) in [6.45, 7) is 0. The predicted octanol–water partition coefficient (Wildman–Crippen LogP) is -1.44. The minimum Gasteiger partial charge on any atom is -0.480 e. The highest BCUT2D eigenvalue weighted by atomic mass is 19.1. The van der Waals surface area contributed by atoms with Crippen LogP contribution in [0.25, 0.3) is 0 Å². The molecule has 0 unspecified atom stereocenters. The fraction of sp³-hybridized carbons (Fsp3) is 0.211.